The number of hydrogen-bond acceptors (Lipinski definition) is 2. The zero-order valence-corrected chi connectivity index (χ0v) is 10.2. The first-order chi connectivity index (χ1) is 7.83. The van der Waals surface area contributed by atoms with Gasteiger partial charge in [-0.3, -0.25) is 4.90 Å². The van der Waals surface area contributed by atoms with Crippen molar-refractivity contribution in [2.24, 2.45) is 0 Å². The fourth-order valence-corrected chi connectivity index (χ4v) is 2.70. The Labute approximate surface area is 100 Å². The van der Waals surface area contributed by atoms with E-state index >= 15 is 0 Å². The molecule has 0 bridgehead atoms. The predicted molar refractivity (Wildman–Crippen MR) is 68.2 cm³/mol. The van der Waals surface area contributed by atoms with Crippen LogP contribution in [0.1, 0.15) is 13.3 Å². The first-order valence-corrected chi connectivity index (χ1v) is 6.58. The summed E-state index contributed by atoms with van der Waals surface area (Å²) < 4.78 is 0. The second-order valence-electron chi connectivity index (χ2n) is 3.70. The van der Waals surface area contributed by atoms with E-state index in [9.17, 15) is 4.79 Å². The monoisotopic (exact) mass is 236 g/mol. The van der Waals surface area contributed by atoms with Crippen molar-refractivity contribution in [3.63, 3.8) is 0 Å². The number of anilines is 1. The highest BCUT2D eigenvalue weighted by atomic mass is 32.2. The molecule has 1 aliphatic rings. The molecule has 0 fully saturated rings. The third kappa shape index (κ3) is 2.32. The van der Waals surface area contributed by atoms with Gasteiger partial charge in [-0.05, 0) is 18.6 Å². The molecule has 86 valence electrons. The largest absolute Gasteiger partial charge is 0.338 e. The number of nitrogens with zero attached hydrogens (tertiary/aromatic N) is 1. The highest BCUT2D eigenvalue weighted by Gasteiger charge is 2.21. The number of thioether (sulfide) groups is 1. The number of nitrogens with one attached hydrogen (secondary N) is 1. The third-order valence-electron chi connectivity index (χ3n) is 2.50. The van der Waals surface area contributed by atoms with Crippen LogP contribution in [0, 0.1) is 0 Å². The first-order valence-electron chi connectivity index (χ1n) is 5.60. The van der Waals surface area contributed by atoms with E-state index in [2.05, 4.69) is 18.3 Å². The number of urea groups is 1. The Morgan fingerprint density at radius 2 is 2.31 bits per heavy atom. The van der Waals surface area contributed by atoms with Gasteiger partial charge in [0, 0.05) is 23.7 Å². The maximum atomic E-state index is 11.9. The van der Waals surface area contributed by atoms with E-state index in [0.717, 1.165) is 31.0 Å². The SMILES string of the molecule is CCCNC(=O)N1CCSc2ccccc21. The molecule has 0 aliphatic carbocycles. The van der Waals surface area contributed by atoms with Crippen molar-refractivity contribution in [1.82, 2.24) is 5.32 Å². The van der Waals surface area contributed by atoms with E-state index in [1.165, 1.54) is 4.90 Å². The highest BCUT2D eigenvalue weighted by Crippen LogP contribution is 2.34. The van der Waals surface area contributed by atoms with E-state index < -0.39 is 0 Å². The van der Waals surface area contributed by atoms with Gasteiger partial charge >= 0.3 is 6.03 Å². The van der Waals surface area contributed by atoms with Crippen LogP contribution in [0.15, 0.2) is 29.2 Å². The Morgan fingerprint density at radius 1 is 1.50 bits per heavy atom. The van der Waals surface area contributed by atoms with Crippen LogP contribution in [-0.2, 0) is 0 Å². The van der Waals surface area contributed by atoms with Crippen molar-refractivity contribution in [2.45, 2.75) is 18.2 Å². The molecule has 4 heteroatoms. The molecule has 2 rings (SSSR count). The van der Waals surface area contributed by atoms with E-state index in [0.29, 0.717) is 0 Å². The number of para-hydroxylation sites is 1. The summed E-state index contributed by atoms with van der Waals surface area (Å²) in [5.41, 5.74) is 1.03. The standard InChI is InChI=1S/C12H16N2OS/c1-2-7-13-12(15)14-8-9-16-11-6-4-3-5-10(11)14/h3-6H,2,7-9H2,1H3,(H,13,15). The molecular weight excluding hydrogens is 220 g/mol. The molecule has 1 aromatic rings. The van der Waals surface area contributed by atoms with Crippen molar-refractivity contribution in [3.05, 3.63) is 24.3 Å². The lowest BCUT2D eigenvalue weighted by molar-refractivity contribution is 0.246. The fourth-order valence-electron chi connectivity index (χ4n) is 1.71. The number of hydrogen-bond donors (Lipinski definition) is 1. The van der Waals surface area contributed by atoms with Crippen LogP contribution in [0.4, 0.5) is 10.5 Å². The van der Waals surface area contributed by atoms with Crippen LogP contribution in [-0.4, -0.2) is 24.9 Å². The molecule has 0 atom stereocenters. The van der Waals surface area contributed by atoms with Crippen LogP contribution >= 0.6 is 11.8 Å². The van der Waals surface area contributed by atoms with Crippen LogP contribution in [0.2, 0.25) is 0 Å². The van der Waals surface area contributed by atoms with Crippen LogP contribution in [0.25, 0.3) is 0 Å². The van der Waals surface area contributed by atoms with Gasteiger partial charge in [-0.2, -0.15) is 0 Å². The second-order valence-corrected chi connectivity index (χ2v) is 4.84. The maximum absolute atomic E-state index is 11.9. The van der Waals surface area contributed by atoms with Gasteiger partial charge < -0.3 is 5.32 Å². The molecule has 0 radical (unpaired) electrons. The molecule has 0 aromatic heterocycles. The zero-order valence-electron chi connectivity index (χ0n) is 9.40. The van der Waals surface area contributed by atoms with Crippen molar-refractivity contribution in [3.8, 4) is 0 Å². The van der Waals surface area contributed by atoms with Gasteiger partial charge in [-0.1, -0.05) is 19.1 Å². The maximum Gasteiger partial charge on any atom is 0.321 e. The summed E-state index contributed by atoms with van der Waals surface area (Å²) in [5, 5.41) is 2.92. The Morgan fingerprint density at radius 3 is 3.12 bits per heavy atom. The number of benzene rings is 1. The van der Waals surface area contributed by atoms with Gasteiger partial charge in [-0.15, -0.1) is 11.8 Å². The lowest BCUT2D eigenvalue weighted by Gasteiger charge is -2.28. The summed E-state index contributed by atoms with van der Waals surface area (Å²) >= 11 is 1.81. The molecule has 0 saturated carbocycles. The molecule has 0 spiro atoms. The lowest BCUT2D eigenvalue weighted by Crippen LogP contribution is -2.43. The Balaban J connectivity index is 2.15. The van der Waals surface area contributed by atoms with E-state index in [4.69, 9.17) is 0 Å². The van der Waals surface area contributed by atoms with Gasteiger partial charge in [0.2, 0.25) is 0 Å². The van der Waals surface area contributed by atoms with Crippen LogP contribution in [0.3, 0.4) is 0 Å². The smallest absolute Gasteiger partial charge is 0.321 e. The highest BCUT2D eigenvalue weighted by molar-refractivity contribution is 7.99. The van der Waals surface area contributed by atoms with E-state index in [1.54, 1.807) is 0 Å². The number of fused-ring (bicyclic) bond motifs is 1. The second kappa shape index (κ2) is 5.25. The summed E-state index contributed by atoms with van der Waals surface area (Å²) in [4.78, 5) is 15.0. The summed E-state index contributed by atoms with van der Waals surface area (Å²) in [6, 6.07) is 8.09. The fraction of sp³-hybridized carbons (Fsp3) is 0.417. The van der Waals surface area contributed by atoms with Gasteiger partial charge in [0.05, 0.1) is 5.69 Å². The van der Waals surface area contributed by atoms with Crippen molar-refractivity contribution >= 4 is 23.5 Å². The minimum absolute atomic E-state index is 0.0228. The molecule has 1 aromatic carbocycles. The molecule has 2 amide bonds. The summed E-state index contributed by atoms with van der Waals surface area (Å²) in [6.45, 7) is 3.59. The number of amides is 2. The minimum atomic E-state index is 0.0228. The summed E-state index contributed by atoms with van der Waals surface area (Å²) in [6.07, 6.45) is 0.968. The number of carbonyl (C=O) groups excluding carboxylic acids is 1. The number of rotatable bonds is 2. The Bertz CT molecular complexity index is 381. The molecule has 1 N–H and O–H groups in total. The molecule has 0 saturated heterocycles. The van der Waals surface area contributed by atoms with Gasteiger partial charge in [0.25, 0.3) is 0 Å². The molecule has 16 heavy (non-hydrogen) atoms. The summed E-state index contributed by atoms with van der Waals surface area (Å²) in [5.74, 6) is 0.969. The lowest BCUT2D eigenvalue weighted by atomic mass is 10.3. The zero-order chi connectivity index (χ0) is 11.4. The topological polar surface area (TPSA) is 32.3 Å². The third-order valence-corrected chi connectivity index (χ3v) is 3.54. The molecule has 0 unspecified atom stereocenters. The van der Waals surface area contributed by atoms with Crippen molar-refractivity contribution < 1.29 is 4.79 Å². The van der Waals surface area contributed by atoms with Crippen molar-refractivity contribution in [1.29, 1.82) is 0 Å². The normalized spacial score (nSPS) is 14.4. The molecule has 3 nitrogen and oxygen atoms in total. The van der Waals surface area contributed by atoms with E-state index in [1.807, 2.05) is 34.9 Å². The predicted octanol–water partition coefficient (Wildman–Crippen LogP) is 2.72. The first kappa shape index (κ1) is 11.3. The minimum Gasteiger partial charge on any atom is -0.338 e. The van der Waals surface area contributed by atoms with Crippen LogP contribution in [0.5, 0.6) is 0 Å². The Kier molecular flexibility index (Phi) is 3.72. The van der Waals surface area contributed by atoms with Gasteiger partial charge in [0.15, 0.2) is 0 Å². The van der Waals surface area contributed by atoms with Gasteiger partial charge in [-0.25, -0.2) is 4.79 Å². The van der Waals surface area contributed by atoms with Crippen LogP contribution < -0.4 is 10.2 Å². The van der Waals surface area contributed by atoms with Gasteiger partial charge in [0.1, 0.15) is 0 Å². The van der Waals surface area contributed by atoms with Crippen molar-refractivity contribution in [2.75, 3.05) is 23.7 Å². The molecular formula is C12H16N2OS. The Hall–Kier alpha value is -1.16. The summed E-state index contributed by atoms with van der Waals surface area (Å²) in [7, 11) is 0. The quantitative estimate of drug-likeness (QED) is 0.856. The number of carbonyl (C=O) groups is 1. The molecule has 1 heterocycles. The van der Waals surface area contributed by atoms with E-state index in [-0.39, 0.29) is 6.03 Å². The molecule has 1 aliphatic heterocycles. The average Bonchev–Trinajstić information content (AvgIpc) is 2.35. The average molecular weight is 236 g/mol.